The molecule has 0 aliphatic carbocycles. The molecular formula is C11H25NOS. The average Bonchev–Trinajstić information content (AvgIpc) is 2.21. The van der Waals surface area contributed by atoms with Crippen LogP contribution in [0.4, 0.5) is 0 Å². The van der Waals surface area contributed by atoms with Gasteiger partial charge in [-0.2, -0.15) is 11.8 Å². The summed E-state index contributed by atoms with van der Waals surface area (Å²) >= 11 is 1.94. The fourth-order valence-corrected chi connectivity index (χ4v) is 1.73. The molecule has 0 aliphatic heterocycles. The SMILES string of the molecule is COC(C)CNCCCCCCSC. The Hall–Kier alpha value is 0.270. The number of unbranched alkanes of at least 4 members (excludes halogenated alkanes) is 3. The molecule has 0 saturated heterocycles. The molecule has 0 aromatic rings. The van der Waals surface area contributed by atoms with Gasteiger partial charge >= 0.3 is 0 Å². The van der Waals surface area contributed by atoms with Crippen LogP contribution in [0.2, 0.25) is 0 Å². The number of hydrogen-bond acceptors (Lipinski definition) is 3. The van der Waals surface area contributed by atoms with Gasteiger partial charge < -0.3 is 10.1 Å². The van der Waals surface area contributed by atoms with Crippen LogP contribution in [0, 0.1) is 0 Å². The van der Waals surface area contributed by atoms with Crippen LogP contribution in [0.5, 0.6) is 0 Å². The van der Waals surface area contributed by atoms with Crippen molar-refractivity contribution in [3.8, 4) is 0 Å². The molecule has 2 nitrogen and oxygen atoms in total. The molecule has 0 rings (SSSR count). The first-order valence-corrected chi connectivity index (χ1v) is 6.93. The van der Waals surface area contributed by atoms with E-state index in [2.05, 4.69) is 18.5 Å². The minimum Gasteiger partial charge on any atom is -0.380 e. The van der Waals surface area contributed by atoms with Crippen LogP contribution >= 0.6 is 11.8 Å². The Kier molecular flexibility index (Phi) is 11.6. The van der Waals surface area contributed by atoms with Crippen LogP contribution < -0.4 is 5.32 Å². The lowest BCUT2D eigenvalue weighted by molar-refractivity contribution is 0.117. The van der Waals surface area contributed by atoms with E-state index < -0.39 is 0 Å². The Morgan fingerprint density at radius 3 is 2.57 bits per heavy atom. The third-order valence-corrected chi connectivity index (χ3v) is 2.98. The van der Waals surface area contributed by atoms with E-state index in [0.717, 1.165) is 13.1 Å². The van der Waals surface area contributed by atoms with Gasteiger partial charge in [-0.3, -0.25) is 0 Å². The molecule has 0 heterocycles. The van der Waals surface area contributed by atoms with E-state index in [1.54, 1.807) is 7.11 Å². The summed E-state index contributed by atoms with van der Waals surface area (Å²) in [4.78, 5) is 0. The number of ether oxygens (including phenoxy) is 1. The first kappa shape index (κ1) is 14.3. The van der Waals surface area contributed by atoms with Crippen molar-refractivity contribution in [2.75, 3.05) is 32.2 Å². The first-order chi connectivity index (χ1) is 6.81. The zero-order chi connectivity index (χ0) is 10.6. The first-order valence-electron chi connectivity index (χ1n) is 5.53. The van der Waals surface area contributed by atoms with Crippen molar-refractivity contribution >= 4 is 11.8 Å². The molecule has 0 fully saturated rings. The summed E-state index contributed by atoms with van der Waals surface area (Å²) in [6.45, 7) is 4.19. The highest BCUT2D eigenvalue weighted by molar-refractivity contribution is 7.98. The third-order valence-electron chi connectivity index (χ3n) is 2.29. The predicted molar refractivity (Wildman–Crippen MR) is 66.2 cm³/mol. The summed E-state index contributed by atoms with van der Waals surface area (Å²) in [6.07, 6.45) is 7.91. The van der Waals surface area contributed by atoms with Crippen molar-refractivity contribution in [1.82, 2.24) is 5.32 Å². The molecule has 0 spiro atoms. The second kappa shape index (κ2) is 11.3. The molecule has 0 radical (unpaired) electrons. The normalized spacial score (nSPS) is 13.1. The zero-order valence-corrected chi connectivity index (χ0v) is 10.7. The van der Waals surface area contributed by atoms with Gasteiger partial charge in [-0.15, -0.1) is 0 Å². The predicted octanol–water partition coefficient (Wildman–Crippen LogP) is 2.53. The van der Waals surface area contributed by atoms with E-state index in [4.69, 9.17) is 4.74 Å². The van der Waals surface area contributed by atoms with Gasteiger partial charge in [-0.05, 0) is 38.3 Å². The summed E-state index contributed by atoms with van der Waals surface area (Å²) in [5, 5.41) is 3.40. The van der Waals surface area contributed by atoms with Gasteiger partial charge in [-0.1, -0.05) is 12.8 Å². The Balaban J connectivity index is 2.92. The molecule has 3 heteroatoms. The molecule has 0 aromatic carbocycles. The number of nitrogens with one attached hydrogen (secondary N) is 1. The van der Waals surface area contributed by atoms with Gasteiger partial charge in [-0.25, -0.2) is 0 Å². The van der Waals surface area contributed by atoms with E-state index in [1.807, 2.05) is 11.8 Å². The molecule has 1 N–H and O–H groups in total. The molecule has 1 unspecified atom stereocenters. The lowest BCUT2D eigenvalue weighted by Gasteiger charge is -2.10. The van der Waals surface area contributed by atoms with Crippen molar-refractivity contribution < 1.29 is 4.74 Å². The molecule has 0 saturated carbocycles. The second-order valence-corrected chi connectivity index (χ2v) is 4.64. The molecule has 0 aromatic heterocycles. The van der Waals surface area contributed by atoms with Crippen LogP contribution in [-0.2, 0) is 4.74 Å². The summed E-state index contributed by atoms with van der Waals surface area (Å²) < 4.78 is 5.14. The van der Waals surface area contributed by atoms with Crippen molar-refractivity contribution in [3.63, 3.8) is 0 Å². The van der Waals surface area contributed by atoms with Gasteiger partial charge in [0.05, 0.1) is 6.10 Å². The number of thioether (sulfide) groups is 1. The molecule has 14 heavy (non-hydrogen) atoms. The maximum Gasteiger partial charge on any atom is 0.0667 e. The summed E-state index contributed by atoms with van der Waals surface area (Å²) in [7, 11) is 1.76. The van der Waals surface area contributed by atoms with E-state index in [9.17, 15) is 0 Å². The van der Waals surface area contributed by atoms with Gasteiger partial charge in [0.2, 0.25) is 0 Å². The Morgan fingerprint density at radius 1 is 1.21 bits per heavy atom. The van der Waals surface area contributed by atoms with Crippen molar-refractivity contribution in [3.05, 3.63) is 0 Å². The van der Waals surface area contributed by atoms with Crippen LogP contribution in [0.15, 0.2) is 0 Å². The van der Waals surface area contributed by atoms with Crippen LogP contribution in [0.1, 0.15) is 32.6 Å². The van der Waals surface area contributed by atoms with E-state index in [0.29, 0.717) is 6.10 Å². The number of hydrogen-bond donors (Lipinski definition) is 1. The molecule has 0 aliphatic rings. The molecular weight excluding hydrogens is 194 g/mol. The summed E-state index contributed by atoms with van der Waals surface area (Å²) in [6, 6.07) is 0. The maximum atomic E-state index is 5.14. The Labute approximate surface area is 93.2 Å². The minimum absolute atomic E-state index is 0.339. The average molecular weight is 219 g/mol. The van der Waals surface area contributed by atoms with Crippen LogP contribution in [-0.4, -0.2) is 38.3 Å². The highest BCUT2D eigenvalue weighted by Gasteiger charge is 1.96. The Morgan fingerprint density at radius 2 is 1.93 bits per heavy atom. The lowest BCUT2D eigenvalue weighted by Crippen LogP contribution is -2.26. The fourth-order valence-electron chi connectivity index (χ4n) is 1.24. The van der Waals surface area contributed by atoms with Gasteiger partial charge in [0.15, 0.2) is 0 Å². The fraction of sp³-hybridized carbons (Fsp3) is 1.00. The largest absolute Gasteiger partial charge is 0.380 e. The summed E-state index contributed by atoms with van der Waals surface area (Å²) in [5.41, 5.74) is 0. The molecule has 0 bridgehead atoms. The summed E-state index contributed by atoms with van der Waals surface area (Å²) in [5.74, 6) is 1.31. The van der Waals surface area contributed by atoms with Gasteiger partial charge in [0, 0.05) is 13.7 Å². The van der Waals surface area contributed by atoms with Crippen LogP contribution in [0.3, 0.4) is 0 Å². The van der Waals surface area contributed by atoms with Crippen LogP contribution in [0.25, 0.3) is 0 Å². The molecule has 86 valence electrons. The van der Waals surface area contributed by atoms with Crippen molar-refractivity contribution in [2.24, 2.45) is 0 Å². The highest BCUT2D eigenvalue weighted by Crippen LogP contribution is 2.03. The lowest BCUT2D eigenvalue weighted by atomic mass is 10.2. The van der Waals surface area contributed by atoms with Crippen molar-refractivity contribution in [1.29, 1.82) is 0 Å². The third kappa shape index (κ3) is 10.4. The highest BCUT2D eigenvalue weighted by atomic mass is 32.2. The van der Waals surface area contributed by atoms with Gasteiger partial charge in [0.25, 0.3) is 0 Å². The smallest absolute Gasteiger partial charge is 0.0667 e. The van der Waals surface area contributed by atoms with E-state index in [-0.39, 0.29) is 0 Å². The topological polar surface area (TPSA) is 21.3 Å². The minimum atomic E-state index is 0.339. The standard InChI is InChI=1S/C11H25NOS/c1-11(13-2)10-12-8-6-4-5-7-9-14-3/h11-12H,4-10H2,1-3H3. The Bertz CT molecular complexity index is 111. The maximum absolute atomic E-state index is 5.14. The number of rotatable bonds is 10. The second-order valence-electron chi connectivity index (χ2n) is 3.66. The van der Waals surface area contributed by atoms with E-state index >= 15 is 0 Å². The van der Waals surface area contributed by atoms with Gasteiger partial charge in [0.1, 0.15) is 0 Å². The quantitative estimate of drug-likeness (QED) is 0.571. The molecule has 1 atom stereocenters. The van der Waals surface area contributed by atoms with E-state index in [1.165, 1.54) is 31.4 Å². The monoisotopic (exact) mass is 219 g/mol. The zero-order valence-electron chi connectivity index (χ0n) is 9.84. The van der Waals surface area contributed by atoms with Crippen molar-refractivity contribution in [2.45, 2.75) is 38.7 Å². The number of methoxy groups -OCH3 is 1. The molecule has 0 amide bonds.